The highest BCUT2D eigenvalue weighted by atomic mass is 35.5. The van der Waals surface area contributed by atoms with Crippen LogP contribution in [0.25, 0.3) is 0 Å². The van der Waals surface area contributed by atoms with E-state index in [1.807, 2.05) is 19.1 Å². The second-order valence-electron chi connectivity index (χ2n) is 4.22. The topological polar surface area (TPSA) is 29.1 Å². The summed E-state index contributed by atoms with van der Waals surface area (Å²) in [5.74, 6) is -0.550. The van der Waals surface area contributed by atoms with Crippen LogP contribution in [0.2, 0.25) is 0 Å². The van der Waals surface area contributed by atoms with Crippen LogP contribution >= 0.6 is 11.6 Å². The Kier molecular flexibility index (Phi) is 6.19. The fourth-order valence-electron chi connectivity index (χ4n) is 1.72. The van der Waals surface area contributed by atoms with Gasteiger partial charge in [-0.05, 0) is 31.6 Å². The third kappa shape index (κ3) is 4.07. The summed E-state index contributed by atoms with van der Waals surface area (Å²) in [6.45, 7) is 7.04. The van der Waals surface area contributed by atoms with Crippen LogP contribution in [0.15, 0.2) is 53.5 Å². The minimum absolute atomic E-state index is 0.139. The molecule has 20 heavy (non-hydrogen) atoms. The highest BCUT2D eigenvalue weighted by Crippen LogP contribution is 2.26. The smallest absolute Gasteiger partial charge is 0.147 e. The molecule has 0 spiro atoms. The van der Waals surface area contributed by atoms with Gasteiger partial charge < -0.3 is 10.1 Å². The molecule has 0 aromatic heterocycles. The van der Waals surface area contributed by atoms with Gasteiger partial charge in [0.2, 0.25) is 0 Å². The lowest BCUT2D eigenvalue weighted by Gasteiger charge is -2.14. The Bertz CT molecular complexity index is 576. The number of allylic oxidation sites excluding steroid dienone is 4. The van der Waals surface area contributed by atoms with Gasteiger partial charge in [0.15, 0.2) is 0 Å². The number of carbonyl (C=O) groups is 1. The molecule has 1 N–H and O–H groups in total. The van der Waals surface area contributed by atoms with Crippen LogP contribution in [0.4, 0.5) is 10.1 Å². The van der Waals surface area contributed by atoms with E-state index in [2.05, 4.69) is 11.9 Å². The van der Waals surface area contributed by atoms with E-state index in [4.69, 9.17) is 11.6 Å². The van der Waals surface area contributed by atoms with Gasteiger partial charge in [-0.1, -0.05) is 42.0 Å². The molecule has 0 bridgehead atoms. The van der Waals surface area contributed by atoms with Crippen molar-refractivity contribution < 1.29 is 9.18 Å². The van der Waals surface area contributed by atoms with Crippen LogP contribution in [0.1, 0.15) is 18.1 Å². The maximum Gasteiger partial charge on any atom is 0.147 e. The molecule has 0 aliphatic heterocycles. The first-order valence-corrected chi connectivity index (χ1v) is 6.55. The van der Waals surface area contributed by atoms with Crippen molar-refractivity contribution in [2.45, 2.75) is 20.3 Å². The van der Waals surface area contributed by atoms with Gasteiger partial charge in [0.25, 0.3) is 0 Å². The molecule has 2 nitrogen and oxygen atoms in total. The minimum atomic E-state index is -0.550. The number of nitrogens with one attached hydrogen (secondary N) is 1. The first kappa shape index (κ1) is 16.2. The minimum Gasteiger partial charge on any atom is -0.352 e. The van der Waals surface area contributed by atoms with Crippen molar-refractivity contribution in [1.82, 2.24) is 0 Å². The average molecular weight is 294 g/mol. The molecule has 0 aliphatic carbocycles. The molecule has 0 saturated heterocycles. The summed E-state index contributed by atoms with van der Waals surface area (Å²) in [7, 11) is 0. The molecule has 106 valence electrons. The quantitative estimate of drug-likeness (QED) is 0.610. The average Bonchev–Trinajstić information content (AvgIpc) is 2.45. The molecule has 4 heteroatoms. The molecule has 0 fully saturated rings. The summed E-state index contributed by atoms with van der Waals surface area (Å²) < 4.78 is 13.8. The number of hydrogen-bond donors (Lipinski definition) is 1. The van der Waals surface area contributed by atoms with E-state index in [1.165, 1.54) is 0 Å². The zero-order chi connectivity index (χ0) is 15.1. The number of benzene rings is 1. The summed E-state index contributed by atoms with van der Waals surface area (Å²) in [5, 5.41) is 3.19. The lowest BCUT2D eigenvalue weighted by Crippen LogP contribution is -2.05. The monoisotopic (exact) mass is 293 g/mol. The molecule has 0 atom stereocenters. The molecule has 0 aliphatic rings. The number of hydrogen-bond acceptors (Lipinski definition) is 2. The number of rotatable bonds is 6. The van der Waals surface area contributed by atoms with Crippen LogP contribution in [0, 0.1) is 6.92 Å². The van der Waals surface area contributed by atoms with Crippen LogP contribution < -0.4 is 5.32 Å². The first-order chi connectivity index (χ1) is 9.53. The lowest BCUT2D eigenvalue weighted by molar-refractivity contribution is -0.107. The highest BCUT2D eigenvalue weighted by Gasteiger charge is 2.11. The number of aldehydes is 1. The molecule has 0 heterocycles. The Morgan fingerprint density at radius 1 is 1.50 bits per heavy atom. The zero-order valence-corrected chi connectivity index (χ0v) is 12.3. The zero-order valence-electron chi connectivity index (χ0n) is 11.5. The van der Waals surface area contributed by atoms with E-state index in [0.29, 0.717) is 5.69 Å². The third-order valence-corrected chi connectivity index (χ3v) is 3.14. The van der Waals surface area contributed by atoms with E-state index in [-0.39, 0.29) is 17.2 Å². The molecule has 0 amide bonds. The molecular formula is C16H17ClFNO. The van der Waals surface area contributed by atoms with Gasteiger partial charge in [0.05, 0.1) is 10.7 Å². The molecule has 1 rings (SSSR count). The van der Waals surface area contributed by atoms with Gasteiger partial charge >= 0.3 is 0 Å². The first-order valence-electron chi connectivity index (χ1n) is 6.18. The predicted octanol–water partition coefficient (Wildman–Crippen LogP) is 4.66. The van der Waals surface area contributed by atoms with Crippen LogP contribution in [0.3, 0.4) is 0 Å². The van der Waals surface area contributed by atoms with Gasteiger partial charge in [-0.3, -0.25) is 0 Å². The van der Waals surface area contributed by atoms with E-state index >= 15 is 0 Å². The number of halogens is 2. The van der Waals surface area contributed by atoms with Crippen LogP contribution in [-0.2, 0) is 11.2 Å². The Hall–Kier alpha value is -1.87. The van der Waals surface area contributed by atoms with Gasteiger partial charge in [-0.25, -0.2) is 4.39 Å². The Balaban J connectivity index is 3.25. The van der Waals surface area contributed by atoms with E-state index in [9.17, 15) is 9.18 Å². The highest BCUT2D eigenvalue weighted by molar-refractivity contribution is 6.32. The third-order valence-electron chi connectivity index (χ3n) is 2.73. The molecule has 0 unspecified atom stereocenters. The summed E-state index contributed by atoms with van der Waals surface area (Å²) in [5.41, 5.74) is 2.60. The van der Waals surface area contributed by atoms with E-state index < -0.39 is 5.83 Å². The second-order valence-corrected chi connectivity index (χ2v) is 4.63. The van der Waals surface area contributed by atoms with Gasteiger partial charge in [-0.15, -0.1) is 0 Å². The normalized spacial score (nSPS) is 12.7. The number of aryl methyl sites for hydroxylation is 1. The van der Waals surface area contributed by atoms with Crippen LogP contribution in [0.5, 0.6) is 0 Å². The summed E-state index contributed by atoms with van der Waals surface area (Å²) >= 11 is 6.00. The molecule has 1 aromatic carbocycles. The standard InChI is InChI=1S/C16H17ClFNO/c1-4-13(17)16(14(18)5-2)19-15-7-6-11(3)10-12(15)8-9-20/h4-7,9-10,19H,2,8H2,1,3H3/b13-4+,16-14-. The van der Waals surface area contributed by atoms with Gasteiger partial charge in [-0.2, -0.15) is 0 Å². The van der Waals surface area contributed by atoms with Crippen molar-refractivity contribution in [1.29, 1.82) is 0 Å². The van der Waals surface area contributed by atoms with Crippen molar-refractivity contribution in [3.8, 4) is 0 Å². The Morgan fingerprint density at radius 3 is 2.75 bits per heavy atom. The SMILES string of the molecule is C=C/C(F)=C(Nc1ccc(C)cc1CC=O)\C(Cl)=C/C. The number of anilines is 1. The van der Waals surface area contributed by atoms with Crippen molar-refractivity contribution in [2.24, 2.45) is 0 Å². The Labute approximate surface area is 123 Å². The second kappa shape index (κ2) is 7.65. The van der Waals surface area contributed by atoms with Gasteiger partial charge in [0, 0.05) is 12.1 Å². The summed E-state index contributed by atoms with van der Waals surface area (Å²) in [6, 6.07) is 5.55. The van der Waals surface area contributed by atoms with Gasteiger partial charge in [0.1, 0.15) is 12.1 Å². The van der Waals surface area contributed by atoms with E-state index in [0.717, 1.165) is 23.5 Å². The molecular weight excluding hydrogens is 277 g/mol. The summed E-state index contributed by atoms with van der Waals surface area (Å²) in [4.78, 5) is 10.7. The fourth-order valence-corrected chi connectivity index (χ4v) is 1.86. The van der Waals surface area contributed by atoms with Crippen molar-refractivity contribution in [3.05, 3.63) is 64.6 Å². The number of carbonyl (C=O) groups excluding carboxylic acids is 1. The fraction of sp³-hybridized carbons (Fsp3) is 0.188. The van der Waals surface area contributed by atoms with E-state index in [1.54, 1.807) is 19.1 Å². The lowest BCUT2D eigenvalue weighted by atomic mass is 10.1. The summed E-state index contributed by atoms with van der Waals surface area (Å²) in [6.07, 6.45) is 3.73. The molecule has 0 radical (unpaired) electrons. The maximum absolute atomic E-state index is 13.8. The van der Waals surface area contributed by atoms with Crippen LogP contribution in [-0.4, -0.2) is 6.29 Å². The van der Waals surface area contributed by atoms with Crippen molar-refractivity contribution in [2.75, 3.05) is 5.32 Å². The molecule has 0 saturated carbocycles. The van der Waals surface area contributed by atoms with Crippen molar-refractivity contribution in [3.63, 3.8) is 0 Å². The largest absolute Gasteiger partial charge is 0.352 e. The predicted molar refractivity (Wildman–Crippen MR) is 82.5 cm³/mol. The Morgan fingerprint density at radius 2 is 2.20 bits per heavy atom. The molecule has 1 aromatic rings. The van der Waals surface area contributed by atoms with Crippen molar-refractivity contribution >= 4 is 23.6 Å². The maximum atomic E-state index is 13.8.